The molecule has 0 fully saturated rings. The van der Waals surface area contributed by atoms with E-state index in [1.54, 1.807) is 6.07 Å². The van der Waals surface area contributed by atoms with Gasteiger partial charge in [0.2, 0.25) is 0 Å². The predicted molar refractivity (Wildman–Crippen MR) is 56.1 cm³/mol. The third-order valence-corrected chi connectivity index (χ3v) is 5.19. The maximum absolute atomic E-state index is 11.5. The summed E-state index contributed by atoms with van der Waals surface area (Å²) in [5, 5.41) is 0. The molecule has 78 valence electrons. The molecule has 0 aromatic carbocycles. The molecule has 1 heterocycles. The zero-order valence-corrected chi connectivity index (χ0v) is 10.4. The van der Waals surface area contributed by atoms with Crippen molar-refractivity contribution in [3.8, 4) is 0 Å². The third-order valence-electron chi connectivity index (χ3n) is 1.39. The molecule has 0 unspecified atom stereocenters. The standard InChI is InChI=1S/C7H7BrO4S2/c1-12-6(9)4-14(10,11)7-3-2-5(8)13-7/h2-3H,4H2,1H3. The molecule has 0 saturated carbocycles. The highest BCUT2D eigenvalue weighted by Gasteiger charge is 2.21. The molecular formula is C7H7BrO4S2. The fraction of sp³-hybridized carbons (Fsp3) is 0.286. The average molecular weight is 299 g/mol. The molecule has 14 heavy (non-hydrogen) atoms. The molecular weight excluding hydrogens is 292 g/mol. The summed E-state index contributed by atoms with van der Waals surface area (Å²) in [7, 11) is -2.38. The molecule has 0 spiro atoms. The minimum atomic E-state index is -3.54. The van der Waals surface area contributed by atoms with Gasteiger partial charge in [0.25, 0.3) is 0 Å². The Morgan fingerprint density at radius 3 is 2.64 bits per heavy atom. The first-order valence-electron chi connectivity index (χ1n) is 3.50. The van der Waals surface area contributed by atoms with Gasteiger partial charge in [0.05, 0.1) is 10.9 Å². The van der Waals surface area contributed by atoms with Crippen LogP contribution in [0.4, 0.5) is 0 Å². The van der Waals surface area contributed by atoms with Crippen molar-refractivity contribution in [1.29, 1.82) is 0 Å². The van der Waals surface area contributed by atoms with Crippen LogP contribution in [0, 0.1) is 0 Å². The van der Waals surface area contributed by atoms with Crippen LogP contribution in [0.5, 0.6) is 0 Å². The van der Waals surface area contributed by atoms with E-state index in [-0.39, 0.29) is 4.21 Å². The minimum absolute atomic E-state index is 0.162. The largest absolute Gasteiger partial charge is 0.468 e. The van der Waals surface area contributed by atoms with Gasteiger partial charge in [-0.2, -0.15) is 0 Å². The van der Waals surface area contributed by atoms with E-state index in [0.717, 1.165) is 18.4 Å². The Hall–Kier alpha value is -0.400. The van der Waals surface area contributed by atoms with Crippen molar-refractivity contribution in [2.75, 3.05) is 12.9 Å². The number of carbonyl (C=O) groups excluding carboxylic acids is 1. The van der Waals surface area contributed by atoms with Gasteiger partial charge in [0.15, 0.2) is 15.6 Å². The van der Waals surface area contributed by atoms with Crippen LogP contribution in [-0.4, -0.2) is 27.2 Å². The van der Waals surface area contributed by atoms with Gasteiger partial charge >= 0.3 is 5.97 Å². The van der Waals surface area contributed by atoms with E-state index in [1.165, 1.54) is 6.07 Å². The van der Waals surface area contributed by atoms with Crippen LogP contribution < -0.4 is 0 Å². The topological polar surface area (TPSA) is 60.4 Å². The Balaban J connectivity index is 2.92. The molecule has 0 N–H and O–H groups in total. The summed E-state index contributed by atoms with van der Waals surface area (Å²) < 4.78 is 28.2. The number of methoxy groups -OCH3 is 1. The highest BCUT2D eigenvalue weighted by Crippen LogP contribution is 2.26. The van der Waals surface area contributed by atoms with Crippen LogP contribution in [-0.2, 0) is 19.4 Å². The van der Waals surface area contributed by atoms with Gasteiger partial charge in [-0.15, -0.1) is 11.3 Å². The van der Waals surface area contributed by atoms with Crippen LogP contribution >= 0.6 is 27.3 Å². The first-order valence-corrected chi connectivity index (χ1v) is 6.77. The van der Waals surface area contributed by atoms with E-state index < -0.39 is 21.6 Å². The lowest BCUT2D eigenvalue weighted by atomic mass is 10.7. The van der Waals surface area contributed by atoms with E-state index >= 15 is 0 Å². The molecule has 0 atom stereocenters. The highest BCUT2D eigenvalue weighted by molar-refractivity contribution is 9.11. The number of rotatable bonds is 3. The second-order valence-corrected chi connectivity index (χ2v) is 7.07. The summed E-state index contributed by atoms with van der Waals surface area (Å²) in [5.41, 5.74) is 0. The molecule has 1 rings (SSSR count). The van der Waals surface area contributed by atoms with Gasteiger partial charge in [-0.1, -0.05) is 0 Å². The number of esters is 1. The van der Waals surface area contributed by atoms with E-state index in [1.807, 2.05) is 0 Å². The van der Waals surface area contributed by atoms with Gasteiger partial charge in [-0.3, -0.25) is 4.79 Å². The molecule has 1 aromatic heterocycles. The van der Waals surface area contributed by atoms with Crippen LogP contribution in [0.15, 0.2) is 20.1 Å². The van der Waals surface area contributed by atoms with Gasteiger partial charge in [-0.05, 0) is 28.1 Å². The number of thiophene rings is 1. The van der Waals surface area contributed by atoms with E-state index in [4.69, 9.17) is 0 Å². The number of ether oxygens (including phenoxy) is 1. The summed E-state index contributed by atoms with van der Waals surface area (Å²) in [6.07, 6.45) is 0. The summed E-state index contributed by atoms with van der Waals surface area (Å²) >= 11 is 4.21. The molecule has 7 heteroatoms. The Morgan fingerprint density at radius 1 is 1.57 bits per heavy atom. The van der Waals surface area contributed by atoms with Gasteiger partial charge in [-0.25, -0.2) is 8.42 Å². The predicted octanol–water partition coefficient (Wildman–Crippen LogP) is 1.46. The SMILES string of the molecule is COC(=O)CS(=O)(=O)c1ccc(Br)s1. The monoisotopic (exact) mass is 298 g/mol. The Labute approximate surface area is 93.9 Å². The average Bonchev–Trinajstić information content (AvgIpc) is 2.51. The number of carbonyl (C=O) groups is 1. The number of sulfone groups is 1. The molecule has 0 bridgehead atoms. The van der Waals surface area contributed by atoms with Crippen molar-refractivity contribution in [2.45, 2.75) is 4.21 Å². The highest BCUT2D eigenvalue weighted by atomic mass is 79.9. The van der Waals surface area contributed by atoms with Crippen molar-refractivity contribution < 1.29 is 17.9 Å². The summed E-state index contributed by atoms with van der Waals surface area (Å²) in [6.45, 7) is 0. The van der Waals surface area contributed by atoms with Crippen molar-refractivity contribution >= 4 is 43.1 Å². The van der Waals surface area contributed by atoms with E-state index in [9.17, 15) is 13.2 Å². The third kappa shape index (κ3) is 2.79. The smallest absolute Gasteiger partial charge is 0.321 e. The van der Waals surface area contributed by atoms with Crippen LogP contribution in [0.25, 0.3) is 0 Å². The summed E-state index contributed by atoms with van der Waals surface area (Å²) in [4.78, 5) is 10.8. The minimum Gasteiger partial charge on any atom is -0.468 e. The summed E-state index contributed by atoms with van der Waals surface area (Å²) in [6, 6.07) is 3.07. The number of halogens is 1. The fourth-order valence-electron chi connectivity index (χ4n) is 0.750. The molecule has 0 aliphatic heterocycles. The molecule has 0 radical (unpaired) electrons. The lowest BCUT2D eigenvalue weighted by Gasteiger charge is -1.98. The normalized spacial score (nSPS) is 11.3. The molecule has 0 amide bonds. The van der Waals surface area contributed by atoms with Crippen LogP contribution in [0.2, 0.25) is 0 Å². The van der Waals surface area contributed by atoms with E-state index in [0.29, 0.717) is 3.79 Å². The van der Waals surface area contributed by atoms with Crippen LogP contribution in [0.3, 0.4) is 0 Å². The maximum Gasteiger partial charge on any atom is 0.321 e. The second kappa shape index (κ2) is 4.41. The zero-order chi connectivity index (χ0) is 10.8. The van der Waals surface area contributed by atoms with Gasteiger partial charge in [0.1, 0.15) is 4.21 Å². The first kappa shape index (κ1) is 11.7. The van der Waals surface area contributed by atoms with E-state index in [2.05, 4.69) is 20.7 Å². The lowest BCUT2D eigenvalue weighted by molar-refractivity contribution is -0.137. The molecule has 0 saturated heterocycles. The fourth-order valence-corrected chi connectivity index (χ4v) is 3.99. The van der Waals surface area contributed by atoms with Gasteiger partial charge in [0, 0.05) is 0 Å². The molecule has 4 nitrogen and oxygen atoms in total. The lowest BCUT2D eigenvalue weighted by Crippen LogP contribution is -2.16. The zero-order valence-electron chi connectivity index (χ0n) is 7.19. The van der Waals surface area contributed by atoms with Gasteiger partial charge < -0.3 is 4.74 Å². The van der Waals surface area contributed by atoms with Crippen molar-refractivity contribution in [3.05, 3.63) is 15.9 Å². The Morgan fingerprint density at radius 2 is 2.21 bits per heavy atom. The second-order valence-electron chi connectivity index (χ2n) is 2.39. The molecule has 1 aromatic rings. The first-order chi connectivity index (χ1) is 6.45. The summed E-state index contributed by atoms with van der Waals surface area (Å²) in [5.74, 6) is -1.37. The molecule has 0 aliphatic carbocycles. The molecule has 0 aliphatic rings. The van der Waals surface area contributed by atoms with Crippen molar-refractivity contribution in [2.24, 2.45) is 0 Å². The Kier molecular flexibility index (Phi) is 3.68. The number of hydrogen-bond acceptors (Lipinski definition) is 5. The maximum atomic E-state index is 11.5. The Bertz CT molecular complexity index is 434. The van der Waals surface area contributed by atoms with Crippen LogP contribution in [0.1, 0.15) is 0 Å². The quantitative estimate of drug-likeness (QED) is 0.793. The van der Waals surface area contributed by atoms with Crippen molar-refractivity contribution in [1.82, 2.24) is 0 Å². The van der Waals surface area contributed by atoms with Crippen molar-refractivity contribution in [3.63, 3.8) is 0 Å². The number of hydrogen-bond donors (Lipinski definition) is 0.